The smallest absolute Gasteiger partial charge is 0.0928 e. The van der Waals surface area contributed by atoms with Gasteiger partial charge in [-0.2, -0.15) is 0 Å². The van der Waals surface area contributed by atoms with E-state index in [1.807, 2.05) is 0 Å². The Morgan fingerprint density at radius 2 is 1.69 bits per heavy atom. The van der Waals surface area contributed by atoms with Crippen LogP contribution >= 0.6 is 0 Å². The van der Waals surface area contributed by atoms with Crippen LogP contribution in [0.15, 0.2) is 24.3 Å². The first-order chi connectivity index (χ1) is 6.02. The second-order valence-corrected chi connectivity index (χ2v) is 9.89. The van der Waals surface area contributed by atoms with Gasteiger partial charge in [0.25, 0.3) is 0 Å². The molecule has 0 amide bonds. The first kappa shape index (κ1) is 10.7. The Hall–Kier alpha value is -0.343. The summed E-state index contributed by atoms with van der Waals surface area (Å²) >= 11 is 0. The zero-order chi connectivity index (χ0) is 9.95. The van der Waals surface area contributed by atoms with Crippen molar-refractivity contribution in [3.8, 4) is 0 Å². The Bertz CT molecular complexity index is 211. The molecular formula is C11H20OSi. The highest BCUT2D eigenvalue weighted by Gasteiger charge is 2.41. The highest BCUT2D eigenvalue weighted by atomic mass is 28.3. The van der Waals surface area contributed by atoms with Crippen molar-refractivity contribution in [2.45, 2.75) is 38.2 Å². The molecule has 0 aliphatic heterocycles. The van der Waals surface area contributed by atoms with Crippen molar-refractivity contribution in [3.63, 3.8) is 0 Å². The average molecular weight is 196 g/mol. The third-order valence-electron chi connectivity index (χ3n) is 2.52. The van der Waals surface area contributed by atoms with E-state index in [0.29, 0.717) is 0 Å². The molecule has 13 heavy (non-hydrogen) atoms. The Labute approximate surface area is 82.5 Å². The quantitative estimate of drug-likeness (QED) is 0.628. The van der Waals surface area contributed by atoms with Crippen molar-refractivity contribution >= 4 is 8.07 Å². The highest BCUT2D eigenvalue weighted by molar-refractivity contribution is 6.80. The lowest BCUT2D eigenvalue weighted by molar-refractivity contribution is 0.0797. The number of ether oxygens (including phenoxy) is 1. The molecule has 0 spiro atoms. The van der Waals surface area contributed by atoms with E-state index in [1.165, 1.54) is 0 Å². The molecule has 0 fully saturated rings. The third kappa shape index (κ3) is 2.12. The summed E-state index contributed by atoms with van der Waals surface area (Å²) in [6.07, 6.45) is 9.74. The Balaban J connectivity index is 2.77. The minimum absolute atomic E-state index is 0.0387. The molecule has 0 aromatic rings. The molecule has 0 bridgehead atoms. The molecule has 0 unspecified atom stereocenters. The van der Waals surface area contributed by atoms with Crippen molar-refractivity contribution in [1.82, 2.24) is 0 Å². The molecule has 0 aromatic carbocycles. The van der Waals surface area contributed by atoms with Gasteiger partial charge < -0.3 is 4.74 Å². The molecule has 0 atom stereocenters. The van der Waals surface area contributed by atoms with Crippen LogP contribution in [0.4, 0.5) is 0 Å². The molecule has 0 N–H and O–H groups in total. The van der Waals surface area contributed by atoms with Crippen LogP contribution in [0, 0.1) is 0 Å². The fourth-order valence-electron chi connectivity index (χ4n) is 1.54. The SMILES string of the molecule is CCCOC1([Si](C)(C)C)C=CC=C1. The second-order valence-electron chi connectivity index (χ2n) is 4.61. The van der Waals surface area contributed by atoms with E-state index in [1.54, 1.807) is 0 Å². The number of allylic oxidation sites excluding steroid dienone is 2. The number of hydrogen-bond acceptors (Lipinski definition) is 1. The minimum Gasteiger partial charge on any atom is -0.371 e. The summed E-state index contributed by atoms with van der Waals surface area (Å²) in [4.78, 5) is 0. The maximum Gasteiger partial charge on any atom is 0.0928 e. The lowest BCUT2D eigenvalue weighted by atomic mass is 10.4. The third-order valence-corrected chi connectivity index (χ3v) is 5.34. The van der Waals surface area contributed by atoms with Crippen LogP contribution in [0.1, 0.15) is 13.3 Å². The second kappa shape index (κ2) is 3.80. The fourth-order valence-corrected chi connectivity index (χ4v) is 3.26. The van der Waals surface area contributed by atoms with Gasteiger partial charge in [0.05, 0.1) is 13.3 Å². The molecule has 1 aliphatic rings. The molecule has 0 aromatic heterocycles. The van der Waals surface area contributed by atoms with E-state index in [9.17, 15) is 0 Å². The first-order valence-electron chi connectivity index (χ1n) is 5.03. The van der Waals surface area contributed by atoms with Gasteiger partial charge in [-0.15, -0.1) is 0 Å². The van der Waals surface area contributed by atoms with E-state index in [2.05, 4.69) is 50.9 Å². The Kier molecular flexibility index (Phi) is 3.14. The van der Waals surface area contributed by atoms with Crippen molar-refractivity contribution < 1.29 is 4.74 Å². The van der Waals surface area contributed by atoms with Crippen LogP contribution < -0.4 is 0 Å². The predicted octanol–water partition coefficient (Wildman–Crippen LogP) is 3.16. The van der Waals surface area contributed by atoms with Crippen LogP contribution in [0.3, 0.4) is 0 Å². The standard InChI is InChI=1S/C11H20OSi/c1-5-10-12-11(13(2,3)4)8-6-7-9-11/h6-9H,5,10H2,1-4H3. The van der Waals surface area contributed by atoms with E-state index in [0.717, 1.165) is 13.0 Å². The van der Waals surface area contributed by atoms with E-state index < -0.39 is 8.07 Å². The van der Waals surface area contributed by atoms with Crippen molar-refractivity contribution in [2.24, 2.45) is 0 Å². The summed E-state index contributed by atoms with van der Waals surface area (Å²) in [6.45, 7) is 10.1. The van der Waals surface area contributed by atoms with Gasteiger partial charge in [0.2, 0.25) is 0 Å². The zero-order valence-corrected chi connectivity index (χ0v) is 10.1. The van der Waals surface area contributed by atoms with Gasteiger partial charge in [-0.3, -0.25) is 0 Å². The van der Waals surface area contributed by atoms with Crippen molar-refractivity contribution in [1.29, 1.82) is 0 Å². The van der Waals surface area contributed by atoms with Crippen LogP contribution in [0.25, 0.3) is 0 Å². The molecule has 1 rings (SSSR count). The van der Waals surface area contributed by atoms with E-state index in [4.69, 9.17) is 4.74 Å². The van der Waals surface area contributed by atoms with E-state index in [-0.39, 0.29) is 5.22 Å². The monoisotopic (exact) mass is 196 g/mol. The molecule has 0 heterocycles. The normalized spacial score (nSPS) is 19.7. The minimum atomic E-state index is -1.31. The maximum atomic E-state index is 5.99. The zero-order valence-electron chi connectivity index (χ0n) is 9.13. The van der Waals surface area contributed by atoms with Gasteiger partial charge in [0.15, 0.2) is 0 Å². The van der Waals surface area contributed by atoms with Crippen LogP contribution in [0.5, 0.6) is 0 Å². The lowest BCUT2D eigenvalue weighted by Gasteiger charge is -2.37. The van der Waals surface area contributed by atoms with Gasteiger partial charge in [-0.1, -0.05) is 50.9 Å². The van der Waals surface area contributed by atoms with Crippen molar-refractivity contribution in [2.75, 3.05) is 6.61 Å². The molecular weight excluding hydrogens is 176 g/mol. The average Bonchev–Trinajstić information content (AvgIpc) is 2.48. The van der Waals surface area contributed by atoms with Crippen molar-refractivity contribution in [3.05, 3.63) is 24.3 Å². The molecule has 0 saturated carbocycles. The fraction of sp³-hybridized carbons (Fsp3) is 0.636. The largest absolute Gasteiger partial charge is 0.371 e. The molecule has 1 nitrogen and oxygen atoms in total. The van der Waals surface area contributed by atoms with Gasteiger partial charge >= 0.3 is 0 Å². The Morgan fingerprint density at radius 1 is 1.15 bits per heavy atom. The summed E-state index contributed by atoms with van der Waals surface area (Å²) in [7, 11) is -1.31. The summed E-state index contributed by atoms with van der Waals surface area (Å²) in [5.74, 6) is 0. The first-order valence-corrected chi connectivity index (χ1v) is 8.53. The molecule has 74 valence electrons. The topological polar surface area (TPSA) is 9.23 Å². The van der Waals surface area contributed by atoms with Crippen LogP contribution in [0.2, 0.25) is 19.6 Å². The summed E-state index contributed by atoms with van der Waals surface area (Å²) < 4.78 is 5.99. The van der Waals surface area contributed by atoms with Crippen LogP contribution in [-0.2, 0) is 4.74 Å². The summed E-state index contributed by atoms with van der Waals surface area (Å²) in [6, 6.07) is 0. The summed E-state index contributed by atoms with van der Waals surface area (Å²) in [5.41, 5.74) is 0. The predicted molar refractivity (Wildman–Crippen MR) is 60.6 cm³/mol. The molecule has 2 heteroatoms. The molecule has 1 aliphatic carbocycles. The van der Waals surface area contributed by atoms with E-state index >= 15 is 0 Å². The number of rotatable bonds is 4. The summed E-state index contributed by atoms with van der Waals surface area (Å²) in [5, 5.41) is -0.0387. The van der Waals surface area contributed by atoms with Gasteiger partial charge in [-0.05, 0) is 6.42 Å². The molecule has 0 saturated heterocycles. The van der Waals surface area contributed by atoms with Gasteiger partial charge in [0, 0.05) is 6.61 Å². The highest BCUT2D eigenvalue weighted by Crippen LogP contribution is 2.31. The Morgan fingerprint density at radius 3 is 2.08 bits per heavy atom. The lowest BCUT2D eigenvalue weighted by Crippen LogP contribution is -2.50. The molecule has 0 radical (unpaired) electrons. The van der Waals surface area contributed by atoms with Gasteiger partial charge in [0.1, 0.15) is 0 Å². The maximum absolute atomic E-state index is 5.99. The van der Waals surface area contributed by atoms with Gasteiger partial charge in [-0.25, -0.2) is 0 Å². The number of hydrogen-bond donors (Lipinski definition) is 0. The van der Waals surface area contributed by atoms with Crippen LogP contribution in [-0.4, -0.2) is 19.9 Å².